The highest BCUT2D eigenvalue weighted by atomic mass is 35.5. The molecule has 0 bridgehead atoms. The first-order chi connectivity index (χ1) is 13.1. The van der Waals surface area contributed by atoms with Crippen LogP contribution in [0.1, 0.15) is 0 Å². The molecule has 8 heteroatoms. The van der Waals surface area contributed by atoms with Crippen LogP contribution in [0.5, 0.6) is 5.75 Å². The average Bonchev–Trinajstić information content (AvgIpc) is 3.10. The quantitative estimate of drug-likeness (QED) is 0.408. The van der Waals surface area contributed by atoms with Crippen LogP contribution in [-0.2, 0) is 0 Å². The number of nitrogens with two attached hydrogens (primary N) is 1. The maximum atomic E-state index is 13.6. The summed E-state index contributed by atoms with van der Waals surface area (Å²) < 4.78 is 20.6. The molecule has 2 heterocycles. The Balaban J connectivity index is 1.99. The molecule has 0 aliphatic carbocycles. The molecule has 2 aromatic carbocycles. The number of benzene rings is 2. The van der Waals surface area contributed by atoms with Gasteiger partial charge in [0, 0.05) is 17.4 Å². The number of rotatable bonds is 4. The summed E-state index contributed by atoms with van der Waals surface area (Å²) in [5.74, 6) is 6.42. The van der Waals surface area contributed by atoms with Crippen molar-refractivity contribution in [3.05, 3.63) is 65.8 Å². The first kappa shape index (κ1) is 17.3. The third kappa shape index (κ3) is 2.97. The molecule has 27 heavy (non-hydrogen) atoms. The summed E-state index contributed by atoms with van der Waals surface area (Å²) in [7, 11) is 1.61. The second-order valence-electron chi connectivity index (χ2n) is 5.80. The molecule has 4 aromatic rings. The zero-order valence-electron chi connectivity index (χ0n) is 14.3. The van der Waals surface area contributed by atoms with Crippen LogP contribution in [-0.4, -0.2) is 21.6 Å². The molecule has 0 saturated carbocycles. The highest BCUT2D eigenvalue weighted by molar-refractivity contribution is 6.30. The Bertz CT molecular complexity index is 1130. The third-order valence-electron chi connectivity index (χ3n) is 4.30. The molecule has 0 amide bonds. The summed E-state index contributed by atoms with van der Waals surface area (Å²) in [5.41, 5.74) is 5.70. The summed E-state index contributed by atoms with van der Waals surface area (Å²) in [4.78, 5) is 8.61. The van der Waals surface area contributed by atoms with Crippen molar-refractivity contribution >= 4 is 28.5 Å². The highest BCUT2D eigenvalue weighted by Crippen LogP contribution is 2.36. The van der Waals surface area contributed by atoms with Gasteiger partial charge in [-0.15, -0.1) is 0 Å². The fourth-order valence-corrected chi connectivity index (χ4v) is 3.17. The minimum atomic E-state index is -0.480. The average molecular weight is 384 g/mol. The highest BCUT2D eigenvalue weighted by Gasteiger charge is 2.17. The van der Waals surface area contributed by atoms with E-state index < -0.39 is 5.82 Å². The zero-order chi connectivity index (χ0) is 19.0. The second-order valence-corrected chi connectivity index (χ2v) is 6.21. The molecule has 0 fully saturated rings. The number of nitrogen functional groups attached to an aromatic ring is 1. The van der Waals surface area contributed by atoms with Gasteiger partial charge in [-0.1, -0.05) is 23.7 Å². The number of aromatic nitrogens is 3. The van der Waals surface area contributed by atoms with E-state index in [1.54, 1.807) is 19.2 Å². The summed E-state index contributed by atoms with van der Waals surface area (Å²) in [5, 5.41) is 0.775. The Morgan fingerprint density at radius 2 is 1.93 bits per heavy atom. The molecule has 3 N–H and O–H groups in total. The number of ether oxygens (including phenoxy) is 1. The fraction of sp³-hybridized carbons (Fsp3) is 0.0526. The molecular formula is C19H15ClFN5O. The second kappa shape index (κ2) is 6.86. The summed E-state index contributed by atoms with van der Waals surface area (Å²) in [6.45, 7) is 0. The molecule has 0 aliphatic rings. The predicted molar refractivity (Wildman–Crippen MR) is 104 cm³/mol. The Morgan fingerprint density at radius 1 is 1.15 bits per heavy atom. The molecule has 0 unspecified atom stereocenters. The Hall–Kier alpha value is -3.16. The normalized spacial score (nSPS) is 11.0. The van der Waals surface area contributed by atoms with Crippen LogP contribution in [0.25, 0.3) is 27.8 Å². The lowest BCUT2D eigenvalue weighted by Gasteiger charge is -2.06. The molecule has 0 radical (unpaired) electrons. The number of fused-ring (bicyclic) bond motifs is 1. The van der Waals surface area contributed by atoms with Gasteiger partial charge in [0.05, 0.1) is 17.5 Å². The molecule has 0 spiro atoms. The van der Waals surface area contributed by atoms with E-state index >= 15 is 0 Å². The van der Waals surface area contributed by atoms with Crippen molar-refractivity contribution in [3.63, 3.8) is 0 Å². The maximum Gasteiger partial charge on any atom is 0.153 e. The van der Waals surface area contributed by atoms with Crippen molar-refractivity contribution in [2.24, 2.45) is 5.84 Å². The van der Waals surface area contributed by atoms with E-state index in [-0.39, 0.29) is 5.02 Å². The molecule has 4 rings (SSSR count). The monoisotopic (exact) mass is 383 g/mol. The van der Waals surface area contributed by atoms with Gasteiger partial charge in [0.25, 0.3) is 0 Å². The Morgan fingerprint density at radius 3 is 2.59 bits per heavy atom. The van der Waals surface area contributed by atoms with E-state index in [0.717, 1.165) is 22.3 Å². The summed E-state index contributed by atoms with van der Waals surface area (Å²) >= 11 is 5.96. The van der Waals surface area contributed by atoms with Gasteiger partial charge in [-0.2, -0.15) is 0 Å². The number of hydrogen-bond acceptors (Lipinski definition) is 5. The van der Waals surface area contributed by atoms with Gasteiger partial charge in [0.15, 0.2) is 11.5 Å². The third-order valence-corrected chi connectivity index (χ3v) is 4.59. The van der Waals surface area contributed by atoms with Crippen LogP contribution < -0.4 is 16.0 Å². The number of methoxy groups -OCH3 is 1. The van der Waals surface area contributed by atoms with Crippen LogP contribution in [0.3, 0.4) is 0 Å². The standard InChI is InChI=1S/C19H15ClFN5O/c1-27-13-5-2-11(3-6-13)14-9-26(12-4-7-16(21)15(20)8-12)19-17(14)18(25-22)23-10-24-19/h2-10H,22H2,1H3,(H,23,24,25). The van der Waals surface area contributed by atoms with Gasteiger partial charge in [-0.3, -0.25) is 0 Å². The Labute approximate surface area is 159 Å². The number of hydrazine groups is 1. The molecule has 136 valence electrons. The summed E-state index contributed by atoms with van der Waals surface area (Å²) in [6.07, 6.45) is 3.31. The van der Waals surface area contributed by atoms with E-state index in [1.807, 2.05) is 35.0 Å². The van der Waals surface area contributed by atoms with Gasteiger partial charge < -0.3 is 14.7 Å². The topological polar surface area (TPSA) is 78.0 Å². The lowest BCUT2D eigenvalue weighted by Crippen LogP contribution is -2.09. The van der Waals surface area contributed by atoms with E-state index in [9.17, 15) is 4.39 Å². The summed E-state index contributed by atoms with van der Waals surface area (Å²) in [6, 6.07) is 12.1. The van der Waals surface area contributed by atoms with E-state index in [2.05, 4.69) is 15.4 Å². The van der Waals surface area contributed by atoms with Crippen LogP contribution in [0.2, 0.25) is 5.02 Å². The van der Waals surface area contributed by atoms with Crippen LogP contribution in [0.4, 0.5) is 10.2 Å². The van der Waals surface area contributed by atoms with Gasteiger partial charge >= 0.3 is 0 Å². The molecule has 0 aliphatic heterocycles. The van der Waals surface area contributed by atoms with E-state index in [4.69, 9.17) is 22.2 Å². The first-order valence-electron chi connectivity index (χ1n) is 8.05. The Kier molecular flexibility index (Phi) is 4.39. The number of halogens is 2. The minimum absolute atomic E-state index is 0.0339. The van der Waals surface area contributed by atoms with Gasteiger partial charge in [-0.25, -0.2) is 20.2 Å². The van der Waals surface area contributed by atoms with E-state index in [1.165, 1.54) is 12.4 Å². The first-order valence-corrected chi connectivity index (χ1v) is 8.42. The zero-order valence-corrected chi connectivity index (χ0v) is 15.0. The van der Waals surface area contributed by atoms with Crippen molar-refractivity contribution in [2.75, 3.05) is 12.5 Å². The molecule has 2 aromatic heterocycles. The van der Waals surface area contributed by atoms with Gasteiger partial charge in [-0.05, 0) is 35.9 Å². The molecule has 0 saturated heterocycles. The smallest absolute Gasteiger partial charge is 0.153 e. The lowest BCUT2D eigenvalue weighted by molar-refractivity contribution is 0.415. The van der Waals surface area contributed by atoms with Crippen molar-refractivity contribution in [3.8, 4) is 22.6 Å². The number of hydrogen-bond donors (Lipinski definition) is 2. The number of anilines is 1. The van der Waals surface area contributed by atoms with Crippen molar-refractivity contribution < 1.29 is 9.13 Å². The van der Waals surface area contributed by atoms with Crippen LogP contribution in [0, 0.1) is 5.82 Å². The van der Waals surface area contributed by atoms with Crippen molar-refractivity contribution in [1.29, 1.82) is 0 Å². The number of nitrogens with zero attached hydrogens (tertiary/aromatic N) is 3. The minimum Gasteiger partial charge on any atom is -0.497 e. The van der Waals surface area contributed by atoms with Crippen LogP contribution in [0.15, 0.2) is 55.0 Å². The fourth-order valence-electron chi connectivity index (χ4n) is 2.99. The number of nitrogens with one attached hydrogen (secondary N) is 1. The van der Waals surface area contributed by atoms with Gasteiger partial charge in [0.2, 0.25) is 0 Å². The van der Waals surface area contributed by atoms with Crippen LogP contribution >= 0.6 is 11.6 Å². The van der Waals surface area contributed by atoms with E-state index in [0.29, 0.717) is 17.2 Å². The molecule has 6 nitrogen and oxygen atoms in total. The van der Waals surface area contributed by atoms with Gasteiger partial charge in [0.1, 0.15) is 17.9 Å². The largest absolute Gasteiger partial charge is 0.497 e. The SMILES string of the molecule is COc1ccc(-c2cn(-c3ccc(F)c(Cl)c3)c3ncnc(NN)c23)cc1. The predicted octanol–water partition coefficient (Wildman–Crippen LogP) is 4.17. The van der Waals surface area contributed by atoms with Crippen molar-refractivity contribution in [2.45, 2.75) is 0 Å². The van der Waals surface area contributed by atoms with Crippen molar-refractivity contribution in [1.82, 2.24) is 14.5 Å². The molecule has 0 atom stereocenters. The molecular weight excluding hydrogens is 369 g/mol. The lowest BCUT2D eigenvalue weighted by atomic mass is 10.1. The maximum absolute atomic E-state index is 13.6.